The summed E-state index contributed by atoms with van der Waals surface area (Å²) in [6.45, 7) is 3.83. The summed E-state index contributed by atoms with van der Waals surface area (Å²) in [7, 11) is 0. The molecule has 3 rings (SSSR count). The molecule has 23 heavy (non-hydrogen) atoms. The molecule has 0 radical (unpaired) electrons. The third-order valence-corrected chi connectivity index (χ3v) is 5.27. The van der Waals surface area contributed by atoms with Gasteiger partial charge in [-0.1, -0.05) is 18.0 Å². The van der Waals surface area contributed by atoms with Crippen LogP contribution in [0.25, 0.3) is 0 Å². The molecule has 0 saturated heterocycles. The summed E-state index contributed by atoms with van der Waals surface area (Å²) >= 11 is 1.55. The number of aryl methyl sites for hydroxylation is 2. The SMILES string of the molecule is Cc1noc(C)c1CSc1ncccc1C(=O)NC1CCCC1. The Morgan fingerprint density at radius 3 is 2.87 bits per heavy atom. The molecule has 1 fully saturated rings. The van der Waals surface area contributed by atoms with E-state index in [0.717, 1.165) is 34.9 Å². The topological polar surface area (TPSA) is 68.0 Å². The van der Waals surface area contributed by atoms with Crippen molar-refractivity contribution in [2.45, 2.75) is 56.4 Å². The Morgan fingerprint density at radius 1 is 1.39 bits per heavy atom. The van der Waals surface area contributed by atoms with Crippen LogP contribution in [0.3, 0.4) is 0 Å². The van der Waals surface area contributed by atoms with Crippen LogP contribution in [0.2, 0.25) is 0 Å². The number of thioether (sulfide) groups is 1. The van der Waals surface area contributed by atoms with Gasteiger partial charge in [0.15, 0.2) is 0 Å². The van der Waals surface area contributed by atoms with Gasteiger partial charge < -0.3 is 9.84 Å². The zero-order valence-corrected chi connectivity index (χ0v) is 14.3. The van der Waals surface area contributed by atoms with Gasteiger partial charge in [-0.05, 0) is 38.8 Å². The molecule has 2 aromatic heterocycles. The van der Waals surface area contributed by atoms with Gasteiger partial charge >= 0.3 is 0 Å². The van der Waals surface area contributed by atoms with Crippen molar-refractivity contribution in [2.75, 3.05) is 0 Å². The number of nitrogens with one attached hydrogen (secondary N) is 1. The second kappa shape index (κ2) is 7.17. The van der Waals surface area contributed by atoms with Crippen LogP contribution >= 0.6 is 11.8 Å². The normalized spacial score (nSPS) is 15.0. The monoisotopic (exact) mass is 331 g/mol. The summed E-state index contributed by atoms with van der Waals surface area (Å²) in [6.07, 6.45) is 6.28. The van der Waals surface area contributed by atoms with Gasteiger partial charge in [0.05, 0.1) is 11.3 Å². The van der Waals surface area contributed by atoms with Gasteiger partial charge in [0.1, 0.15) is 10.8 Å². The van der Waals surface area contributed by atoms with Crippen LogP contribution in [0.4, 0.5) is 0 Å². The van der Waals surface area contributed by atoms with Crippen molar-refractivity contribution >= 4 is 17.7 Å². The highest BCUT2D eigenvalue weighted by atomic mass is 32.2. The summed E-state index contributed by atoms with van der Waals surface area (Å²) < 4.78 is 5.19. The first-order chi connectivity index (χ1) is 11.1. The van der Waals surface area contributed by atoms with Gasteiger partial charge in [0, 0.05) is 23.6 Å². The molecule has 1 saturated carbocycles. The molecule has 122 valence electrons. The Labute approximate surface area is 140 Å². The average molecular weight is 331 g/mol. The number of amides is 1. The van der Waals surface area contributed by atoms with Crippen molar-refractivity contribution in [1.29, 1.82) is 0 Å². The van der Waals surface area contributed by atoms with Gasteiger partial charge in [-0.15, -0.1) is 11.8 Å². The first-order valence-corrected chi connectivity index (χ1v) is 8.94. The highest BCUT2D eigenvalue weighted by molar-refractivity contribution is 7.98. The largest absolute Gasteiger partial charge is 0.361 e. The summed E-state index contributed by atoms with van der Waals surface area (Å²) in [5.41, 5.74) is 2.61. The molecule has 1 aliphatic carbocycles. The number of hydrogen-bond donors (Lipinski definition) is 1. The molecule has 5 nitrogen and oxygen atoms in total. The van der Waals surface area contributed by atoms with Gasteiger partial charge in [-0.3, -0.25) is 4.79 Å². The molecule has 0 atom stereocenters. The lowest BCUT2D eigenvalue weighted by Crippen LogP contribution is -2.33. The lowest BCUT2D eigenvalue weighted by Gasteiger charge is -2.13. The summed E-state index contributed by atoms with van der Waals surface area (Å²) in [6, 6.07) is 3.96. The highest BCUT2D eigenvalue weighted by Gasteiger charge is 2.20. The predicted octanol–water partition coefficient (Wildman–Crippen LogP) is 3.65. The van der Waals surface area contributed by atoms with E-state index in [1.807, 2.05) is 26.0 Å². The first-order valence-electron chi connectivity index (χ1n) is 7.95. The number of nitrogens with zero attached hydrogens (tertiary/aromatic N) is 2. The fraction of sp³-hybridized carbons (Fsp3) is 0.471. The number of carbonyl (C=O) groups is 1. The number of rotatable bonds is 5. The van der Waals surface area contributed by atoms with Gasteiger partial charge in [-0.2, -0.15) is 0 Å². The number of pyridine rings is 1. The van der Waals surface area contributed by atoms with E-state index in [-0.39, 0.29) is 5.91 Å². The van der Waals surface area contributed by atoms with Crippen LogP contribution in [0.15, 0.2) is 27.9 Å². The van der Waals surface area contributed by atoms with Crippen molar-refractivity contribution in [3.8, 4) is 0 Å². The molecule has 0 aromatic carbocycles. The second-order valence-electron chi connectivity index (χ2n) is 5.90. The summed E-state index contributed by atoms with van der Waals surface area (Å²) in [5, 5.41) is 7.85. The fourth-order valence-corrected chi connectivity index (χ4v) is 4.01. The van der Waals surface area contributed by atoms with Crippen LogP contribution in [0.5, 0.6) is 0 Å². The van der Waals surface area contributed by atoms with Crippen LogP contribution < -0.4 is 5.32 Å². The van der Waals surface area contributed by atoms with Crippen molar-refractivity contribution < 1.29 is 9.32 Å². The third-order valence-electron chi connectivity index (χ3n) is 4.24. The van der Waals surface area contributed by atoms with Crippen molar-refractivity contribution in [3.05, 3.63) is 40.9 Å². The standard InChI is InChI=1S/C17H21N3O2S/c1-11-15(12(2)22-20-11)10-23-17-14(8-5-9-18-17)16(21)19-13-6-3-4-7-13/h5,8-9,13H,3-4,6-7,10H2,1-2H3,(H,19,21). The summed E-state index contributed by atoms with van der Waals surface area (Å²) in [4.78, 5) is 16.9. The van der Waals surface area contributed by atoms with Crippen molar-refractivity contribution in [3.63, 3.8) is 0 Å². The Hall–Kier alpha value is -1.82. The van der Waals surface area contributed by atoms with Gasteiger partial charge in [-0.25, -0.2) is 4.98 Å². The molecule has 1 amide bonds. The molecular formula is C17H21N3O2S. The number of hydrogen-bond acceptors (Lipinski definition) is 5. The van der Waals surface area contributed by atoms with E-state index in [9.17, 15) is 4.79 Å². The maximum Gasteiger partial charge on any atom is 0.254 e. The Bertz CT molecular complexity index is 673. The fourth-order valence-electron chi connectivity index (χ4n) is 2.86. The smallest absolute Gasteiger partial charge is 0.254 e. The Morgan fingerprint density at radius 2 is 2.17 bits per heavy atom. The molecular weight excluding hydrogens is 310 g/mol. The molecule has 1 aliphatic rings. The Balaban J connectivity index is 1.71. The summed E-state index contributed by atoms with van der Waals surface area (Å²) in [5.74, 6) is 1.50. The maximum absolute atomic E-state index is 12.5. The minimum absolute atomic E-state index is 0.0220. The van der Waals surface area contributed by atoms with E-state index >= 15 is 0 Å². The van der Waals surface area contributed by atoms with E-state index in [4.69, 9.17) is 4.52 Å². The Kier molecular flexibility index (Phi) is 5.00. The quantitative estimate of drug-likeness (QED) is 0.847. The van der Waals surface area contributed by atoms with Crippen molar-refractivity contribution in [1.82, 2.24) is 15.5 Å². The third kappa shape index (κ3) is 3.75. The molecule has 0 unspecified atom stereocenters. The minimum atomic E-state index is -0.0220. The molecule has 1 N–H and O–H groups in total. The lowest BCUT2D eigenvalue weighted by molar-refractivity contribution is 0.0934. The van der Waals surface area contributed by atoms with Crippen LogP contribution in [-0.4, -0.2) is 22.1 Å². The minimum Gasteiger partial charge on any atom is -0.361 e. The highest BCUT2D eigenvalue weighted by Crippen LogP contribution is 2.27. The predicted molar refractivity (Wildman–Crippen MR) is 89.5 cm³/mol. The van der Waals surface area contributed by atoms with E-state index in [1.54, 1.807) is 18.0 Å². The molecule has 6 heteroatoms. The van der Waals surface area contributed by atoms with E-state index in [2.05, 4.69) is 15.5 Å². The van der Waals surface area contributed by atoms with Crippen LogP contribution in [0, 0.1) is 13.8 Å². The van der Waals surface area contributed by atoms with Gasteiger partial charge in [0.25, 0.3) is 5.91 Å². The van der Waals surface area contributed by atoms with Crippen LogP contribution in [0.1, 0.15) is 53.1 Å². The van der Waals surface area contributed by atoms with Crippen molar-refractivity contribution in [2.24, 2.45) is 0 Å². The molecule has 0 spiro atoms. The van der Waals surface area contributed by atoms with Crippen LogP contribution in [-0.2, 0) is 5.75 Å². The lowest BCUT2D eigenvalue weighted by atomic mass is 10.2. The second-order valence-corrected chi connectivity index (χ2v) is 6.87. The molecule has 2 heterocycles. The van der Waals surface area contributed by atoms with Gasteiger partial charge in [0.2, 0.25) is 0 Å². The number of aromatic nitrogens is 2. The molecule has 0 aliphatic heterocycles. The van der Waals surface area contributed by atoms with E-state index in [0.29, 0.717) is 17.4 Å². The zero-order valence-electron chi connectivity index (χ0n) is 13.5. The average Bonchev–Trinajstić information content (AvgIpc) is 3.16. The first kappa shape index (κ1) is 16.1. The van der Waals surface area contributed by atoms with E-state index < -0.39 is 0 Å². The molecule has 0 bridgehead atoms. The zero-order chi connectivity index (χ0) is 16.2. The molecule has 2 aromatic rings. The maximum atomic E-state index is 12.5. The van der Waals surface area contributed by atoms with E-state index in [1.165, 1.54) is 12.8 Å². The number of carbonyl (C=O) groups excluding carboxylic acids is 1.